The van der Waals surface area contributed by atoms with Gasteiger partial charge in [-0.1, -0.05) is 11.6 Å². The van der Waals surface area contributed by atoms with E-state index in [4.69, 9.17) is 11.6 Å². The molecule has 1 aliphatic heterocycles. The minimum Gasteiger partial charge on any atom is -0.346 e. The lowest BCUT2D eigenvalue weighted by molar-refractivity contribution is 0.501. The summed E-state index contributed by atoms with van der Waals surface area (Å²) in [6.45, 7) is 3.19. The molecule has 1 aromatic carbocycles. The van der Waals surface area contributed by atoms with Crippen LogP contribution in [0.15, 0.2) is 18.2 Å². The number of nitrogens with zero attached hydrogens (tertiary/aromatic N) is 1. The minimum atomic E-state index is 0.553. The molecule has 0 saturated heterocycles. The Labute approximate surface area is 100 Å². The molecule has 0 saturated carbocycles. The zero-order chi connectivity index (χ0) is 11.3. The third-order valence-corrected chi connectivity index (χ3v) is 3.76. The molecule has 1 atom stereocenters. The molecule has 1 unspecified atom stereocenters. The van der Waals surface area contributed by atoms with Crippen molar-refractivity contribution in [3.63, 3.8) is 0 Å². The van der Waals surface area contributed by atoms with Crippen molar-refractivity contribution in [3.05, 3.63) is 34.5 Å². The maximum absolute atomic E-state index is 6.08. The van der Waals surface area contributed by atoms with Crippen molar-refractivity contribution in [3.8, 4) is 0 Å². The Balaban J connectivity index is 2.33. The van der Waals surface area contributed by atoms with Crippen LogP contribution in [0.1, 0.15) is 18.2 Å². The lowest BCUT2D eigenvalue weighted by Gasteiger charge is -2.21. The van der Waals surface area contributed by atoms with Gasteiger partial charge in [-0.3, -0.25) is 0 Å². The average Bonchev–Trinajstić information content (AvgIpc) is 2.52. The number of aromatic nitrogens is 1. The fraction of sp³-hybridized carbons (Fsp3) is 0.385. The molecule has 0 bridgehead atoms. The number of benzene rings is 1. The van der Waals surface area contributed by atoms with Gasteiger partial charge in [0, 0.05) is 41.3 Å². The van der Waals surface area contributed by atoms with Gasteiger partial charge in [0.1, 0.15) is 0 Å². The molecule has 2 heterocycles. The van der Waals surface area contributed by atoms with E-state index in [2.05, 4.69) is 36.0 Å². The predicted octanol–water partition coefficient (Wildman–Crippen LogP) is 2.87. The van der Waals surface area contributed by atoms with Gasteiger partial charge in [-0.15, -0.1) is 0 Å². The summed E-state index contributed by atoms with van der Waals surface area (Å²) in [5.41, 5.74) is 4.15. The largest absolute Gasteiger partial charge is 0.346 e. The van der Waals surface area contributed by atoms with E-state index in [0.29, 0.717) is 6.04 Å². The Bertz CT molecular complexity index is 557. The molecule has 0 radical (unpaired) electrons. The summed E-state index contributed by atoms with van der Waals surface area (Å²) in [4.78, 5) is 0. The Morgan fingerprint density at radius 3 is 3.06 bits per heavy atom. The monoisotopic (exact) mass is 234 g/mol. The van der Waals surface area contributed by atoms with Crippen LogP contribution in [0.4, 0.5) is 0 Å². The highest BCUT2D eigenvalue weighted by Gasteiger charge is 2.21. The molecule has 0 spiro atoms. The number of rotatable bonds is 0. The zero-order valence-electron chi connectivity index (χ0n) is 9.55. The maximum atomic E-state index is 6.08. The summed E-state index contributed by atoms with van der Waals surface area (Å²) in [5.74, 6) is 0. The van der Waals surface area contributed by atoms with Crippen molar-refractivity contribution in [2.75, 3.05) is 0 Å². The number of fused-ring (bicyclic) bond motifs is 3. The third-order valence-electron chi connectivity index (χ3n) is 3.53. The summed E-state index contributed by atoms with van der Waals surface area (Å²) in [6.07, 6.45) is 1.09. The lowest BCUT2D eigenvalue weighted by atomic mass is 10.00. The molecule has 1 aliphatic rings. The van der Waals surface area contributed by atoms with Crippen LogP contribution in [0.2, 0.25) is 5.02 Å². The standard InChI is InChI=1S/C13H15ClN2/c1-8-5-10-11-6-9(14)3-4-12(11)16(2)13(10)7-15-8/h3-4,6,8,15H,5,7H2,1-2H3. The van der Waals surface area contributed by atoms with E-state index >= 15 is 0 Å². The molecule has 2 aromatic rings. The van der Waals surface area contributed by atoms with E-state index < -0.39 is 0 Å². The Morgan fingerprint density at radius 2 is 2.25 bits per heavy atom. The van der Waals surface area contributed by atoms with Crippen molar-refractivity contribution >= 4 is 22.5 Å². The number of halogens is 1. The maximum Gasteiger partial charge on any atom is 0.0484 e. The third kappa shape index (κ3) is 1.37. The van der Waals surface area contributed by atoms with Crippen LogP contribution in [-0.4, -0.2) is 10.6 Å². The first-order chi connectivity index (χ1) is 7.66. The van der Waals surface area contributed by atoms with Crippen LogP contribution >= 0.6 is 11.6 Å². The van der Waals surface area contributed by atoms with Crippen LogP contribution in [0.25, 0.3) is 10.9 Å². The molecule has 2 nitrogen and oxygen atoms in total. The number of hydrogen-bond acceptors (Lipinski definition) is 1. The molecule has 0 aliphatic carbocycles. The lowest BCUT2D eigenvalue weighted by Crippen LogP contribution is -2.33. The summed E-state index contributed by atoms with van der Waals surface area (Å²) >= 11 is 6.08. The van der Waals surface area contributed by atoms with Gasteiger partial charge in [-0.2, -0.15) is 0 Å². The summed E-state index contributed by atoms with van der Waals surface area (Å²) in [6, 6.07) is 6.72. The molecule has 1 N–H and O–H groups in total. The van der Waals surface area contributed by atoms with Gasteiger partial charge in [-0.05, 0) is 37.1 Å². The van der Waals surface area contributed by atoms with Crippen LogP contribution in [-0.2, 0) is 20.0 Å². The van der Waals surface area contributed by atoms with E-state index in [1.807, 2.05) is 6.07 Å². The van der Waals surface area contributed by atoms with Gasteiger partial charge in [0.15, 0.2) is 0 Å². The molecular weight excluding hydrogens is 220 g/mol. The van der Waals surface area contributed by atoms with Gasteiger partial charge in [0.2, 0.25) is 0 Å². The minimum absolute atomic E-state index is 0.553. The van der Waals surface area contributed by atoms with Gasteiger partial charge >= 0.3 is 0 Å². The second-order valence-electron chi connectivity index (χ2n) is 4.63. The fourth-order valence-corrected chi connectivity index (χ4v) is 2.82. The zero-order valence-corrected chi connectivity index (χ0v) is 10.3. The van der Waals surface area contributed by atoms with E-state index in [9.17, 15) is 0 Å². The smallest absolute Gasteiger partial charge is 0.0484 e. The molecule has 3 heteroatoms. The highest BCUT2D eigenvalue weighted by molar-refractivity contribution is 6.31. The Morgan fingerprint density at radius 1 is 1.44 bits per heavy atom. The van der Waals surface area contributed by atoms with Gasteiger partial charge in [0.25, 0.3) is 0 Å². The van der Waals surface area contributed by atoms with Crippen LogP contribution in [0.3, 0.4) is 0 Å². The molecular formula is C13H15ClN2. The van der Waals surface area contributed by atoms with Crippen molar-refractivity contribution in [2.45, 2.75) is 25.9 Å². The van der Waals surface area contributed by atoms with Gasteiger partial charge < -0.3 is 9.88 Å². The molecule has 84 valence electrons. The fourth-order valence-electron chi connectivity index (χ4n) is 2.65. The van der Waals surface area contributed by atoms with Gasteiger partial charge in [0.05, 0.1) is 0 Å². The molecule has 1 aromatic heterocycles. The Kier molecular flexibility index (Phi) is 2.23. The van der Waals surface area contributed by atoms with Crippen LogP contribution < -0.4 is 5.32 Å². The highest BCUT2D eigenvalue weighted by Crippen LogP contribution is 2.30. The average molecular weight is 235 g/mol. The molecule has 0 amide bonds. The van der Waals surface area contributed by atoms with E-state index in [0.717, 1.165) is 18.0 Å². The topological polar surface area (TPSA) is 17.0 Å². The molecule has 0 fully saturated rings. The first kappa shape index (κ1) is 10.2. The van der Waals surface area contributed by atoms with Crippen molar-refractivity contribution in [2.24, 2.45) is 7.05 Å². The van der Waals surface area contributed by atoms with Crippen LogP contribution in [0.5, 0.6) is 0 Å². The van der Waals surface area contributed by atoms with E-state index in [-0.39, 0.29) is 0 Å². The number of nitrogens with one attached hydrogen (secondary N) is 1. The van der Waals surface area contributed by atoms with Crippen molar-refractivity contribution < 1.29 is 0 Å². The summed E-state index contributed by atoms with van der Waals surface area (Å²) in [5, 5.41) is 5.64. The van der Waals surface area contributed by atoms with E-state index in [1.165, 1.54) is 22.2 Å². The quantitative estimate of drug-likeness (QED) is 0.742. The predicted molar refractivity (Wildman–Crippen MR) is 67.9 cm³/mol. The van der Waals surface area contributed by atoms with Crippen molar-refractivity contribution in [1.82, 2.24) is 9.88 Å². The second kappa shape index (κ2) is 3.51. The van der Waals surface area contributed by atoms with Crippen molar-refractivity contribution in [1.29, 1.82) is 0 Å². The highest BCUT2D eigenvalue weighted by atomic mass is 35.5. The molecule has 3 rings (SSSR count). The Hall–Kier alpha value is -0.990. The first-order valence-corrected chi connectivity index (χ1v) is 6.03. The van der Waals surface area contributed by atoms with E-state index in [1.54, 1.807) is 0 Å². The summed E-state index contributed by atoms with van der Waals surface area (Å²) in [7, 11) is 2.13. The number of aryl methyl sites for hydroxylation is 1. The molecule has 16 heavy (non-hydrogen) atoms. The summed E-state index contributed by atoms with van der Waals surface area (Å²) < 4.78 is 2.28. The SMILES string of the molecule is CC1Cc2c(n(C)c3ccc(Cl)cc23)CN1. The number of hydrogen-bond donors (Lipinski definition) is 1. The van der Waals surface area contributed by atoms with Gasteiger partial charge in [-0.25, -0.2) is 0 Å². The first-order valence-electron chi connectivity index (χ1n) is 5.66. The second-order valence-corrected chi connectivity index (χ2v) is 5.07. The van der Waals surface area contributed by atoms with Crippen LogP contribution in [0, 0.1) is 0 Å². The normalized spacial score (nSPS) is 20.1.